The van der Waals surface area contributed by atoms with Crippen molar-refractivity contribution in [1.82, 2.24) is 5.32 Å². The second-order valence-corrected chi connectivity index (χ2v) is 4.78. The minimum Gasteiger partial charge on any atom is -0.479 e. The van der Waals surface area contributed by atoms with E-state index in [4.69, 9.17) is 4.74 Å². The van der Waals surface area contributed by atoms with Crippen molar-refractivity contribution >= 4 is 11.9 Å². The minimum atomic E-state index is -1.62. The summed E-state index contributed by atoms with van der Waals surface area (Å²) in [5.74, 6) is -2.62. The zero-order valence-electron chi connectivity index (χ0n) is 11.6. The summed E-state index contributed by atoms with van der Waals surface area (Å²) in [6.07, 6.45) is 0. The van der Waals surface area contributed by atoms with Gasteiger partial charge in [0.15, 0.2) is 5.54 Å². The molecule has 6 heteroatoms. The van der Waals surface area contributed by atoms with E-state index < -0.39 is 29.2 Å². The molecular weight excluding hydrogens is 265 g/mol. The van der Waals surface area contributed by atoms with Crippen LogP contribution in [-0.4, -0.2) is 30.7 Å². The summed E-state index contributed by atoms with van der Waals surface area (Å²) in [5.41, 5.74) is -1.32. The van der Waals surface area contributed by atoms with E-state index >= 15 is 0 Å². The van der Waals surface area contributed by atoms with Crippen LogP contribution in [0.25, 0.3) is 0 Å². The Bertz CT molecular complexity index is 488. The predicted molar refractivity (Wildman–Crippen MR) is 70.6 cm³/mol. The average Bonchev–Trinajstić information content (AvgIpc) is 2.39. The highest BCUT2D eigenvalue weighted by atomic mass is 19.1. The Kier molecular flexibility index (Phi) is 5.21. The van der Waals surface area contributed by atoms with Crippen molar-refractivity contribution in [2.45, 2.75) is 19.4 Å². The highest BCUT2D eigenvalue weighted by Gasteiger charge is 2.37. The second kappa shape index (κ2) is 6.47. The lowest BCUT2D eigenvalue weighted by molar-refractivity contribution is -0.148. The zero-order chi connectivity index (χ0) is 15.3. The molecule has 0 bridgehead atoms. The fraction of sp³-hybridized carbons (Fsp3) is 0.429. The van der Waals surface area contributed by atoms with Crippen LogP contribution in [0, 0.1) is 11.7 Å². The average molecular weight is 283 g/mol. The molecule has 2 unspecified atom stereocenters. The van der Waals surface area contributed by atoms with Gasteiger partial charge in [0.25, 0.3) is 0 Å². The van der Waals surface area contributed by atoms with E-state index in [9.17, 15) is 19.1 Å². The Morgan fingerprint density at radius 2 is 1.95 bits per heavy atom. The van der Waals surface area contributed by atoms with Crippen LogP contribution in [0.2, 0.25) is 0 Å². The third kappa shape index (κ3) is 3.54. The van der Waals surface area contributed by atoms with Gasteiger partial charge in [-0.05, 0) is 24.6 Å². The summed E-state index contributed by atoms with van der Waals surface area (Å²) in [6.45, 7) is 3.18. The molecule has 1 aromatic carbocycles. The Morgan fingerprint density at radius 3 is 2.40 bits per heavy atom. The Hall–Kier alpha value is -1.95. The number of carboxylic acids is 1. The fourth-order valence-electron chi connectivity index (χ4n) is 1.73. The number of halogens is 1. The van der Waals surface area contributed by atoms with Gasteiger partial charge in [0, 0.05) is 7.11 Å². The van der Waals surface area contributed by atoms with Gasteiger partial charge in [0.2, 0.25) is 5.91 Å². The van der Waals surface area contributed by atoms with Crippen molar-refractivity contribution in [3.05, 3.63) is 35.6 Å². The number of hydrogen-bond donors (Lipinski definition) is 2. The zero-order valence-corrected chi connectivity index (χ0v) is 11.6. The molecule has 1 rings (SSSR count). The van der Waals surface area contributed by atoms with E-state index in [1.165, 1.54) is 26.2 Å². The maximum absolute atomic E-state index is 12.9. The molecule has 1 aromatic rings. The number of carbonyl (C=O) groups is 2. The van der Waals surface area contributed by atoms with Crippen molar-refractivity contribution in [3.8, 4) is 0 Å². The largest absolute Gasteiger partial charge is 0.479 e. The standard InChI is InChI=1S/C14H18FNO4/c1-9(8-20-3)12(17)16-14(2,13(18)19)10-4-6-11(15)7-5-10/h4-7,9H,8H2,1-3H3,(H,16,17)(H,18,19). The third-order valence-electron chi connectivity index (χ3n) is 3.09. The summed E-state index contributed by atoms with van der Waals surface area (Å²) < 4.78 is 17.8. The van der Waals surface area contributed by atoms with E-state index in [-0.39, 0.29) is 6.61 Å². The predicted octanol–water partition coefficient (Wildman–Crippen LogP) is 1.52. The van der Waals surface area contributed by atoms with Gasteiger partial charge in [0.05, 0.1) is 12.5 Å². The van der Waals surface area contributed by atoms with Crippen molar-refractivity contribution in [2.24, 2.45) is 5.92 Å². The lowest BCUT2D eigenvalue weighted by atomic mass is 9.91. The first-order chi connectivity index (χ1) is 9.31. The maximum Gasteiger partial charge on any atom is 0.333 e. The normalized spacial score (nSPS) is 15.2. The molecular formula is C14H18FNO4. The summed E-state index contributed by atoms with van der Waals surface area (Å²) in [4.78, 5) is 23.4. The van der Waals surface area contributed by atoms with Crippen LogP contribution in [-0.2, 0) is 19.9 Å². The number of rotatable bonds is 6. The molecule has 0 aliphatic carbocycles. The van der Waals surface area contributed by atoms with Crippen LogP contribution in [0.5, 0.6) is 0 Å². The SMILES string of the molecule is COCC(C)C(=O)NC(C)(C(=O)O)c1ccc(F)cc1. The quantitative estimate of drug-likeness (QED) is 0.830. The molecule has 0 fully saturated rings. The summed E-state index contributed by atoms with van der Waals surface area (Å²) in [5, 5.41) is 11.8. The Morgan fingerprint density at radius 1 is 1.40 bits per heavy atom. The first-order valence-corrected chi connectivity index (χ1v) is 6.11. The molecule has 5 nitrogen and oxygen atoms in total. The van der Waals surface area contributed by atoms with Crippen LogP contribution in [0.3, 0.4) is 0 Å². The molecule has 0 aliphatic rings. The highest BCUT2D eigenvalue weighted by Crippen LogP contribution is 2.22. The lowest BCUT2D eigenvalue weighted by Crippen LogP contribution is -2.51. The van der Waals surface area contributed by atoms with Gasteiger partial charge < -0.3 is 15.2 Å². The van der Waals surface area contributed by atoms with Crippen LogP contribution in [0.15, 0.2) is 24.3 Å². The van der Waals surface area contributed by atoms with Crippen molar-refractivity contribution in [3.63, 3.8) is 0 Å². The fourth-order valence-corrected chi connectivity index (χ4v) is 1.73. The van der Waals surface area contributed by atoms with Gasteiger partial charge in [-0.25, -0.2) is 9.18 Å². The lowest BCUT2D eigenvalue weighted by Gasteiger charge is -2.28. The number of amides is 1. The molecule has 0 aromatic heterocycles. The van der Waals surface area contributed by atoms with Gasteiger partial charge in [-0.15, -0.1) is 0 Å². The van der Waals surface area contributed by atoms with E-state index in [1.54, 1.807) is 6.92 Å². The number of carboxylic acid groups (broad SMARTS) is 1. The molecule has 2 N–H and O–H groups in total. The summed E-state index contributed by atoms with van der Waals surface area (Å²) in [6, 6.07) is 4.98. The molecule has 0 saturated heterocycles. The van der Waals surface area contributed by atoms with Gasteiger partial charge >= 0.3 is 5.97 Å². The van der Waals surface area contributed by atoms with Crippen molar-refractivity contribution in [1.29, 1.82) is 0 Å². The van der Waals surface area contributed by atoms with E-state index in [2.05, 4.69) is 5.32 Å². The smallest absolute Gasteiger partial charge is 0.333 e. The number of ether oxygens (including phenoxy) is 1. The molecule has 0 radical (unpaired) electrons. The summed E-state index contributed by atoms with van der Waals surface area (Å²) >= 11 is 0. The molecule has 0 saturated carbocycles. The topological polar surface area (TPSA) is 75.6 Å². The van der Waals surface area contributed by atoms with Crippen LogP contribution >= 0.6 is 0 Å². The third-order valence-corrected chi connectivity index (χ3v) is 3.09. The molecule has 2 atom stereocenters. The van der Waals surface area contributed by atoms with Crippen LogP contribution in [0.1, 0.15) is 19.4 Å². The summed E-state index contributed by atoms with van der Waals surface area (Å²) in [7, 11) is 1.46. The van der Waals surface area contributed by atoms with Gasteiger partial charge in [-0.1, -0.05) is 19.1 Å². The van der Waals surface area contributed by atoms with E-state index in [0.717, 1.165) is 12.1 Å². The monoisotopic (exact) mass is 283 g/mol. The molecule has 110 valence electrons. The number of carbonyl (C=O) groups excluding carboxylic acids is 1. The first-order valence-electron chi connectivity index (χ1n) is 6.11. The Balaban J connectivity index is 3.01. The van der Waals surface area contributed by atoms with Crippen molar-refractivity contribution < 1.29 is 23.8 Å². The molecule has 0 spiro atoms. The first kappa shape index (κ1) is 16.1. The molecule has 0 heterocycles. The molecule has 0 aliphatic heterocycles. The van der Waals surface area contributed by atoms with Gasteiger partial charge in [-0.3, -0.25) is 4.79 Å². The highest BCUT2D eigenvalue weighted by molar-refractivity contribution is 5.88. The van der Waals surface area contributed by atoms with Crippen molar-refractivity contribution in [2.75, 3.05) is 13.7 Å². The van der Waals surface area contributed by atoms with Gasteiger partial charge in [0.1, 0.15) is 5.82 Å². The molecule has 1 amide bonds. The maximum atomic E-state index is 12.9. The van der Waals surface area contributed by atoms with Crippen LogP contribution in [0.4, 0.5) is 4.39 Å². The van der Waals surface area contributed by atoms with Crippen LogP contribution < -0.4 is 5.32 Å². The second-order valence-electron chi connectivity index (χ2n) is 4.78. The van der Waals surface area contributed by atoms with E-state index in [0.29, 0.717) is 5.56 Å². The number of benzene rings is 1. The number of aliphatic carboxylic acids is 1. The van der Waals surface area contributed by atoms with E-state index in [1.807, 2.05) is 0 Å². The molecule has 20 heavy (non-hydrogen) atoms. The number of methoxy groups -OCH3 is 1. The van der Waals surface area contributed by atoms with Gasteiger partial charge in [-0.2, -0.15) is 0 Å². The minimum absolute atomic E-state index is 0.185. The number of nitrogens with one attached hydrogen (secondary N) is 1. The number of hydrogen-bond acceptors (Lipinski definition) is 3. The Labute approximate surface area is 116 Å².